The quantitative estimate of drug-likeness (QED) is 0.638. The lowest BCUT2D eigenvalue weighted by Crippen LogP contribution is -2.49. The highest BCUT2D eigenvalue weighted by Crippen LogP contribution is 2.18. The first-order valence-electron chi connectivity index (χ1n) is 10.2. The number of carbonyl (C=O) groups excluding carboxylic acids is 2. The molecule has 0 saturated carbocycles. The zero-order valence-corrected chi connectivity index (χ0v) is 18.6. The lowest BCUT2D eigenvalue weighted by atomic mass is 10.0. The average Bonchev–Trinajstić information content (AvgIpc) is 2.70. The number of hydrogen-bond acceptors (Lipinski definition) is 2. The maximum absolute atomic E-state index is 13.3. The van der Waals surface area contributed by atoms with Gasteiger partial charge in [-0.3, -0.25) is 9.59 Å². The van der Waals surface area contributed by atoms with Crippen molar-refractivity contribution in [2.45, 2.75) is 59.5 Å². The van der Waals surface area contributed by atoms with Gasteiger partial charge < -0.3 is 10.2 Å². The van der Waals surface area contributed by atoms with Crippen LogP contribution in [0.4, 0.5) is 0 Å². The largest absolute Gasteiger partial charge is 0.354 e. The van der Waals surface area contributed by atoms with Crippen molar-refractivity contribution in [3.8, 4) is 0 Å². The summed E-state index contributed by atoms with van der Waals surface area (Å²) >= 11 is 6.00. The molecule has 29 heavy (non-hydrogen) atoms. The molecule has 0 bridgehead atoms. The maximum Gasteiger partial charge on any atom is 0.242 e. The Kier molecular flexibility index (Phi) is 8.71. The van der Waals surface area contributed by atoms with Crippen LogP contribution < -0.4 is 5.32 Å². The van der Waals surface area contributed by atoms with Gasteiger partial charge in [0, 0.05) is 18.1 Å². The minimum absolute atomic E-state index is 0.0540. The number of amides is 2. The highest BCUT2D eigenvalue weighted by atomic mass is 35.5. The predicted molar refractivity (Wildman–Crippen MR) is 119 cm³/mol. The summed E-state index contributed by atoms with van der Waals surface area (Å²) in [5, 5.41) is 3.59. The van der Waals surface area contributed by atoms with Crippen molar-refractivity contribution in [2.75, 3.05) is 6.54 Å². The first-order chi connectivity index (χ1) is 13.8. The van der Waals surface area contributed by atoms with Gasteiger partial charge >= 0.3 is 0 Å². The highest BCUT2D eigenvalue weighted by Gasteiger charge is 2.28. The van der Waals surface area contributed by atoms with Gasteiger partial charge in [0.25, 0.3) is 0 Å². The van der Waals surface area contributed by atoms with Crippen LogP contribution in [-0.2, 0) is 22.6 Å². The zero-order chi connectivity index (χ0) is 21.4. The van der Waals surface area contributed by atoms with Crippen LogP contribution in [0.1, 0.15) is 48.9 Å². The van der Waals surface area contributed by atoms with Crippen molar-refractivity contribution >= 4 is 23.4 Å². The van der Waals surface area contributed by atoms with Gasteiger partial charge in [0.15, 0.2) is 0 Å². The molecule has 2 aromatic rings. The minimum atomic E-state index is -0.503. The van der Waals surface area contributed by atoms with E-state index in [0.29, 0.717) is 24.5 Å². The molecule has 0 aliphatic carbocycles. The molecular weight excluding hydrogens is 384 g/mol. The number of halogens is 1. The van der Waals surface area contributed by atoms with Gasteiger partial charge in [-0.1, -0.05) is 55.8 Å². The molecule has 0 radical (unpaired) electrons. The van der Waals surface area contributed by atoms with E-state index >= 15 is 0 Å². The summed E-state index contributed by atoms with van der Waals surface area (Å²) in [6, 6.07) is 13.0. The standard InChI is InChI=1S/C24H31ClN2O2/c1-5-13-26-24(29)22(6-2)27(16-19-9-11-21(25)12-10-19)23(28)15-20-8-7-17(3)18(4)14-20/h7-12,14,22H,5-6,13,15-16H2,1-4H3,(H,26,29). The summed E-state index contributed by atoms with van der Waals surface area (Å²) in [6.07, 6.45) is 1.68. The number of nitrogens with zero attached hydrogens (tertiary/aromatic N) is 1. The van der Waals surface area contributed by atoms with E-state index in [-0.39, 0.29) is 18.2 Å². The van der Waals surface area contributed by atoms with Gasteiger partial charge in [0.1, 0.15) is 6.04 Å². The van der Waals surface area contributed by atoms with E-state index in [2.05, 4.69) is 12.2 Å². The zero-order valence-electron chi connectivity index (χ0n) is 17.8. The summed E-state index contributed by atoms with van der Waals surface area (Å²) in [4.78, 5) is 27.7. The lowest BCUT2D eigenvalue weighted by molar-refractivity contribution is -0.140. The van der Waals surface area contributed by atoms with Gasteiger partial charge in [-0.2, -0.15) is 0 Å². The summed E-state index contributed by atoms with van der Waals surface area (Å²) < 4.78 is 0. The molecule has 0 fully saturated rings. The Hall–Kier alpha value is -2.33. The van der Waals surface area contributed by atoms with E-state index in [1.54, 1.807) is 17.0 Å². The van der Waals surface area contributed by atoms with Gasteiger partial charge in [0.05, 0.1) is 6.42 Å². The van der Waals surface area contributed by atoms with Gasteiger partial charge in [-0.05, 0) is 61.1 Å². The fourth-order valence-electron chi connectivity index (χ4n) is 3.26. The third-order valence-corrected chi connectivity index (χ3v) is 5.38. The fraction of sp³-hybridized carbons (Fsp3) is 0.417. The van der Waals surface area contributed by atoms with Crippen molar-refractivity contribution < 1.29 is 9.59 Å². The third kappa shape index (κ3) is 6.60. The van der Waals surface area contributed by atoms with E-state index in [0.717, 1.165) is 23.1 Å². The van der Waals surface area contributed by atoms with E-state index in [1.807, 2.05) is 51.1 Å². The second-order valence-electron chi connectivity index (χ2n) is 7.46. The Morgan fingerprint density at radius 1 is 1.00 bits per heavy atom. The Morgan fingerprint density at radius 2 is 1.66 bits per heavy atom. The second kappa shape index (κ2) is 11.0. The monoisotopic (exact) mass is 414 g/mol. The predicted octanol–water partition coefficient (Wildman–Crippen LogP) is 4.83. The van der Waals surface area contributed by atoms with Crippen LogP contribution >= 0.6 is 11.6 Å². The molecule has 0 saturated heterocycles. The van der Waals surface area contributed by atoms with E-state index in [4.69, 9.17) is 11.6 Å². The molecule has 1 N–H and O–H groups in total. The number of aryl methyl sites for hydroxylation is 2. The highest BCUT2D eigenvalue weighted by molar-refractivity contribution is 6.30. The molecule has 4 nitrogen and oxygen atoms in total. The van der Waals surface area contributed by atoms with E-state index in [1.165, 1.54) is 5.56 Å². The van der Waals surface area contributed by atoms with Crippen LogP contribution in [0.15, 0.2) is 42.5 Å². The second-order valence-corrected chi connectivity index (χ2v) is 7.90. The molecule has 2 amide bonds. The number of rotatable bonds is 9. The molecule has 156 valence electrons. The molecule has 1 atom stereocenters. The van der Waals surface area contributed by atoms with Crippen molar-refractivity contribution in [2.24, 2.45) is 0 Å². The first kappa shape index (κ1) is 23.0. The van der Waals surface area contributed by atoms with Crippen LogP contribution in [0.5, 0.6) is 0 Å². The van der Waals surface area contributed by atoms with Crippen molar-refractivity contribution in [3.63, 3.8) is 0 Å². The summed E-state index contributed by atoms with van der Waals surface area (Å²) in [5.74, 6) is -0.154. The van der Waals surface area contributed by atoms with Crippen LogP contribution in [0.25, 0.3) is 0 Å². The Balaban J connectivity index is 2.27. The van der Waals surface area contributed by atoms with Gasteiger partial charge in [0.2, 0.25) is 11.8 Å². The molecular formula is C24H31ClN2O2. The normalized spacial score (nSPS) is 11.8. The number of nitrogens with one attached hydrogen (secondary N) is 1. The average molecular weight is 415 g/mol. The lowest BCUT2D eigenvalue weighted by Gasteiger charge is -2.31. The first-order valence-corrected chi connectivity index (χ1v) is 10.6. The van der Waals surface area contributed by atoms with Crippen molar-refractivity contribution in [1.29, 1.82) is 0 Å². The third-order valence-electron chi connectivity index (χ3n) is 5.13. The number of benzene rings is 2. The Morgan fingerprint density at radius 3 is 2.24 bits per heavy atom. The number of carbonyl (C=O) groups is 2. The maximum atomic E-state index is 13.3. The molecule has 0 aliphatic heterocycles. The van der Waals surface area contributed by atoms with Gasteiger partial charge in [-0.15, -0.1) is 0 Å². The molecule has 5 heteroatoms. The van der Waals surface area contributed by atoms with Gasteiger partial charge in [-0.25, -0.2) is 0 Å². The van der Waals surface area contributed by atoms with Crippen LogP contribution in [-0.4, -0.2) is 29.3 Å². The SMILES string of the molecule is CCCNC(=O)C(CC)N(Cc1ccc(Cl)cc1)C(=O)Cc1ccc(C)c(C)c1. The van der Waals surface area contributed by atoms with Crippen molar-refractivity contribution in [3.05, 3.63) is 69.7 Å². The summed E-state index contributed by atoms with van der Waals surface area (Å²) in [7, 11) is 0. The van der Waals surface area contributed by atoms with Crippen LogP contribution in [0, 0.1) is 13.8 Å². The smallest absolute Gasteiger partial charge is 0.242 e. The summed E-state index contributed by atoms with van der Waals surface area (Å²) in [6.45, 7) is 9.03. The Bertz CT molecular complexity index is 833. The number of hydrogen-bond donors (Lipinski definition) is 1. The molecule has 0 aliphatic rings. The molecule has 2 rings (SSSR count). The van der Waals surface area contributed by atoms with Crippen LogP contribution in [0.2, 0.25) is 5.02 Å². The summed E-state index contributed by atoms with van der Waals surface area (Å²) in [5.41, 5.74) is 4.27. The fourth-order valence-corrected chi connectivity index (χ4v) is 3.39. The molecule has 1 unspecified atom stereocenters. The van der Waals surface area contributed by atoms with E-state index < -0.39 is 6.04 Å². The molecule has 0 spiro atoms. The molecule has 0 aromatic heterocycles. The molecule has 0 heterocycles. The topological polar surface area (TPSA) is 49.4 Å². The molecule has 2 aromatic carbocycles. The van der Waals surface area contributed by atoms with Crippen LogP contribution in [0.3, 0.4) is 0 Å². The Labute approximate surface area is 179 Å². The minimum Gasteiger partial charge on any atom is -0.354 e. The van der Waals surface area contributed by atoms with E-state index in [9.17, 15) is 9.59 Å². The van der Waals surface area contributed by atoms with Crippen molar-refractivity contribution in [1.82, 2.24) is 10.2 Å².